The second kappa shape index (κ2) is 6.12. The zero-order valence-electron chi connectivity index (χ0n) is 10.1. The Balaban J connectivity index is 2.85. The predicted octanol–water partition coefficient (Wildman–Crippen LogP) is 3.06. The lowest BCUT2D eigenvalue weighted by Gasteiger charge is -2.13. The van der Waals surface area contributed by atoms with Crippen molar-refractivity contribution in [1.29, 1.82) is 0 Å². The molecule has 2 amide bonds. The van der Waals surface area contributed by atoms with Crippen LogP contribution in [0.4, 0.5) is 23.7 Å². The molecule has 9 heteroatoms. The molecule has 1 atom stereocenters. The molecule has 1 aromatic carbocycles. The van der Waals surface area contributed by atoms with Gasteiger partial charge in [0, 0.05) is 10.2 Å². The van der Waals surface area contributed by atoms with Crippen molar-refractivity contribution in [3.63, 3.8) is 0 Å². The van der Waals surface area contributed by atoms with Gasteiger partial charge in [-0.05, 0) is 25.1 Å². The molecule has 20 heavy (non-hydrogen) atoms. The van der Waals surface area contributed by atoms with Crippen LogP contribution in [0.25, 0.3) is 0 Å². The van der Waals surface area contributed by atoms with E-state index in [4.69, 9.17) is 5.11 Å². The van der Waals surface area contributed by atoms with Gasteiger partial charge in [0.2, 0.25) is 0 Å². The minimum atomic E-state index is -4.55. The number of halogens is 4. The summed E-state index contributed by atoms with van der Waals surface area (Å²) in [5.41, 5.74) is -1.05. The van der Waals surface area contributed by atoms with Gasteiger partial charge in [-0.15, -0.1) is 0 Å². The minimum absolute atomic E-state index is 0.109. The van der Waals surface area contributed by atoms with Crippen LogP contribution in [0.3, 0.4) is 0 Å². The maximum absolute atomic E-state index is 12.6. The van der Waals surface area contributed by atoms with Gasteiger partial charge in [-0.3, -0.25) is 4.79 Å². The van der Waals surface area contributed by atoms with E-state index in [0.717, 1.165) is 12.1 Å². The first kappa shape index (κ1) is 16.3. The highest BCUT2D eigenvalue weighted by molar-refractivity contribution is 9.10. The number of benzene rings is 1. The van der Waals surface area contributed by atoms with Crippen molar-refractivity contribution in [1.82, 2.24) is 5.32 Å². The fourth-order valence-corrected chi connectivity index (χ4v) is 1.74. The number of aliphatic carboxylic acids is 1. The molecule has 0 aromatic heterocycles. The van der Waals surface area contributed by atoms with Gasteiger partial charge in [-0.1, -0.05) is 15.9 Å². The Bertz CT molecular complexity index is 534. The SMILES string of the molecule is C[C@H](NC(=O)Nc1cc(Br)cc(C(F)(F)F)c1)C(=O)O. The molecule has 5 nitrogen and oxygen atoms in total. The van der Waals surface area contributed by atoms with E-state index in [0.29, 0.717) is 0 Å². The molecule has 0 radical (unpaired) electrons. The highest BCUT2D eigenvalue weighted by Gasteiger charge is 2.31. The quantitative estimate of drug-likeness (QED) is 0.780. The molecule has 0 aliphatic heterocycles. The highest BCUT2D eigenvalue weighted by Crippen LogP contribution is 2.33. The standard InChI is InChI=1S/C11H10BrF3N2O3/c1-5(9(18)19)16-10(20)17-8-3-6(11(13,14)15)2-7(12)4-8/h2-5H,1H3,(H,18,19)(H2,16,17,20)/t5-/m0/s1. The number of carboxylic acid groups (broad SMARTS) is 1. The largest absolute Gasteiger partial charge is 0.480 e. The van der Waals surface area contributed by atoms with Gasteiger partial charge in [-0.25, -0.2) is 4.79 Å². The van der Waals surface area contributed by atoms with Crippen LogP contribution >= 0.6 is 15.9 Å². The summed E-state index contributed by atoms with van der Waals surface area (Å²) >= 11 is 2.90. The number of carbonyl (C=O) groups excluding carboxylic acids is 1. The first-order chi connectivity index (χ1) is 9.09. The molecule has 0 fully saturated rings. The van der Waals surface area contributed by atoms with Crippen LogP contribution in [0, 0.1) is 0 Å². The summed E-state index contributed by atoms with van der Waals surface area (Å²) in [6, 6.07) is 0.800. The van der Waals surface area contributed by atoms with E-state index in [-0.39, 0.29) is 10.2 Å². The number of anilines is 1. The van der Waals surface area contributed by atoms with Gasteiger partial charge in [0.15, 0.2) is 0 Å². The summed E-state index contributed by atoms with van der Waals surface area (Å²) in [4.78, 5) is 21.9. The van der Waals surface area contributed by atoms with Crippen LogP contribution in [0.2, 0.25) is 0 Å². The average molecular weight is 355 g/mol. The zero-order chi connectivity index (χ0) is 15.5. The molecule has 3 N–H and O–H groups in total. The molecule has 0 heterocycles. The summed E-state index contributed by atoms with van der Waals surface area (Å²) in [7, 11) is 0. The summed E-state index contributed by atoms with van der Waals surface area (Å²) in [6.07, 6.45) is -4.55. The number of hydrogen-bond donors (Lipinski definition) is 3. The van der Waals surface area contributed by atoms with Crippen molar-refractivity contribution in [2.45, 2.75) is 19.1 Å². The molecular weight excluding hydrogens is 345 g/mol. The molecule has 1 aromatic rings. The number of amides is 2. The van der Waals surface area contributed by atoms with E-state index < -0.39 is 29.8 Å². The van der Waals surface area contributed by atoms with Gasteiger partial charge in [0.25, 0.3) is 0 Å². The Morgan fingerprint density at radius 1 is 1.30 bits per heavy atom. The Labute approximate surface area is 120 Å². The third kappa shape index (κ3) is 4.72. The summed E-state index contributed by atoms with van der Waals surface area (Å²) in [6.45, 7) is 1.23. The van der Waals surface area contributed by atoms with E-state index in [9.17, 15) is 22.8 Å². The summed E-state index contributed by atoms with van der Waals surface area (Å²) in [5, 5.41) is 12.8. The lowest BCUT2D eigenvalue weighted by Crippen LogP contribution is -2.40. The van der Waals surface area contributed by atoms with Crippen molar-refractivity contribution in [2.75, 3.05) is 5.32 Å². The summed E-state index contributed by atoms with van der Waals surface area (Å²) in [5.74, 6) is -1.26. The Morgan fingerprint density at radius 2 is 1.90 bits per heavy atom. The summed E-state index contributed by atoms with van der Waals surface area (Å²) < 4.78 is 37.9. The van der Waals surface area contributed by atoms with Crippen LogP contribution < -0.4 is 10.6 Å². The topological polar surface area (TPSA) is 78.4 Å². The molecule has 0 unspecified atom stereocenters. The normalized spacial score (nSPS) is 12.7. The molecule has 1 rings (SSSR count). The molecule has 0 saturated carbocycles. The molecule has 0 spiro atoms. The molecule has 0 saturated heterocycles. The van der Waals surface area contributed by atoms with E-state index in [1.807, 2.05) is 0 Å². The Morgan fingerprint density at radius 3 is 2.40 bits per heavy atom. The van der Waals surface area contributed by atoms with E-state index >= 15 is 0 Å². The monoisotopic (exact) mass is 354 g/mol. The fourth-order valence-electron chi connectivity index (χ4n) is 1.25. The molecule has 0 aliphatic rings. The number of nitrogens with one attached hydrogen (secondary N) is 2. The number of rotatable bonds is 3. The lowest BCUT2D eigenvalue weighted by molar-refractivity contribution is -0.139. The van der Waals surface area contributed by atoms with E-state index in [2.05, 4.69) is 26.6 Å². The van der Waals surface area contributed by atoms with Crippen molar-refractivity contribution in [3.8, 4) is 0 Å². The van der Waals surface area contributed by atoms with Crippen LogP contribution in [-0.4, -0.2) is 23.1 Å². The Hall–Kier alpha value is -1.77. The minimum Gasteiger partial charge on any atom is -0.480 e. The molecular formula is C11H10BrF3N2O3. The predicted molar refractivity (Wildman–Crippen MR) is 68.4 cm³/mol. The molecule has 0 aliphatic carbocycles. The van der Waals surface area contributed by atoms with E-state index in [1.54, 1.807) is 0 Å². The maximum Gasteiger partial charge on any atom is 0.416 e. The van der Waals surface area contributed by atoms with Crippen LogP contribution in [-0.2, 0) is 11.0 Å². The van der Waals surface area contributed by atoms with Gasteiger partial charge in [0.1, 0.15) is 6.04 Å². The van der Waals surface area contributed by atoms with Crippen LogP contribution in [0.1, 0.15) is 12.5 Å². The molecule has 110 valence electrons. The number of alkyl halides is 3. The molecule has 0 bridgehead atoms. The average Bonchev–Trinajstić information content (AvgIpc) is 2.26. The third-order valence-electron chi connectivity index (χ3n) is 2.20. The highest BCUT2D eigenvalue weighted by atomic mass is 79.9. The van der Waals surface area contributed by atoms with Crippen molar-refractivity contribution < 1.29 is 27.9 Å². The number of carbonyl (C=O) groups is 2. The van der Waals surface area contributed by atoms with Gasteiger partial charge >= 0.3 is 18.2 Å². The second-order valence-electron chi connectivity index (χ2n) is 3.88. The Kier molecular flexibility index (Phi) is 4.98. The van der Waals surface area contributed by atoms with Crippen molar-refractivity contribution in [3.05, 3.63) is 28.2 Å². The smallest absolute Gasteiger partial charge is 0.416 e. The number of hydrogen-bond acceptors (Lipinski definition) is 2. The van der Waals surface area contributed by atoms with Gasteiger partial charge < -0.3 is 15.7 Å². The first-order valence-corrected chi connectivity index (χ1v) is 6.07. The van der Waals surface area contributed by atoms with Gasteiger partial charge in [-0.2, -0.15) is 13.2 Å². The third-order valence-corrected chi connectivity index (χ3v) is 2.66. The van der Waals surface area contributed by atoms with E-state index in [1.165, 1.54) is 13.0 Å². The van der Waals surface area contributed by atoms with Gasteiger partial charge in [0.05, 0.1) is 5.56 Å². The van der Waals surface area contributed by atoms with Crippen molar-refractivity contribution in [2.24, 2.45) is 0 Å². The van der Waals surface area contributed by atoms with Crippen molar-refractivity contribution >= 4 is 33.6 Å². The fraction of sp³-hybridized carbons (Fsp3) is 0.273. The number of urea groups is 1. The van der Waals surface area contributed by atoms with Crippen LogP contribution in [0.5, 0.6) is 0 Å². The maximum atomic E-state index is 12.6. The lowest BCUT2D eigenvalue weighted by atomic mass is 10.2. The number of carboxylic acids is 1. The zero-order valence-corrected chi connectivity index (χ0v) is 11.7. The second-order valence-corrected chi connectivity index (χ2v) is 4.80. The first-order valence-electron chi connectivity index (χ1n) is 5.27. The van der Waals surface area contributed by atoms with Crippen LogP contribution in [0.15, 0.2) is 22.7 Å².